The summed E-state index contributed by atoms with van der Waals surface area (Å²) in [5, 5.41) is 9.53. The first-order chi connectivity index (χ1) is 19.4. The lowest BCUT2D eigenvalue weighted by Crippen LogP contribution is -2.37. The fraction of sp³-hybridized carbons (Fsp3) is 0.406. The van der Waals surface area contributed by atoms with Gasteiger partial charge in [-0.05, 0) is 61.6 Å². The number of nitrogens with zero attached hydrogens (tertiary/aromatic N) is 4. The summed E-state index contributed by atoms with van der Waals surface area (Å²) in [6.45, 7) is 10.5. The summed E-state index contributed by atoms with van der Waals surface area (Å²) in [5.41, 5.74) is 4.22. The van der Waals surface area contributed by atoms with Crippen molar-refractivity contribution in [3.63, 3.8) is 0 Å². The Hall–Kier alpha value is -3.75. The van der Waals surface area contributed by atoms with Crippen LogP contribution >= 0.6 is 0 Å². The van der Waals surface area contributed by atoms with Crippen molar-refractivity contribution < 1.29 is 19.4 Å². The van der Waals surface area contributed by atoms with E-state index in [9.17, 15) is 9.90 Å². The number of allylic oxidation sites excluding steroid dienone is 3. The number of carboxylic acid groups (broad SMARTS) is 1. The van der Waals surface area contributed by atoms with Crippen LogP contribution in [0.15, 0.2) is 78.0 Å². The summed E-state index contributed by atoms with van der Waals surface area (Å²) >= 11 is 0. The Balaban J connectivity index is 1.15. The highest BCUT2D eigenvalue weighted by molar-refractivity contribution is 5.92. The molecule has 1 N–H and O–H groups in total. The third-order valence-corrected chi connectivity index (χ3v) is 8.56. The van der Waals surface area contributed by atoms with E-state index in [4.69, 9.17) is 19.5 Å². The van der Waals surface area contributed by atoms with E-state index in [2.05, 4.69) is 28.2 Å². The molecule has 2 aromatic carbocycles. The van der Waals surface area contributed by atoms with Crippen molar-refractivity contribution in [2.45, 2.75) is 52.0 Å². The highest BCUT2D eigenvalue weighted by Crippen LogP contribution is 2.63. The molecule has 6 rings (SSSR count). The van der Waals surface area contributed by atoms with Gasteiger partial charge in [0.1, 0.15) is 12.4 Å². The van der Waals surface area contributed by atoms with Gasteiger partial charge < -0.3 is 19.1 Å². The molecule has 3 atom stereocenters. The van der Waals surface area contributed by atoms with Crippen molar-refractivity contribution in [2.75, 3.05) is 19.7 Å². The molecule has 0 spiro atoms. The molecule has 40 heavy (non-hydrogen) atoms. The van der Waals surface area contributed by atoms with Gasteiger partial charge in [0.05, 0.1) is 41.5 Å². The molecule has 1 saturated carbocycles. The third kappa shape index (κ3) is 5.33. The second-order valence-corrected chi connectivity index (χ2v) is 11.2. The lowest BCUT2D eigenvalue weighted by molar-refractivity contribution is -0.0592. The maximum atomic E-state index is 11.6. The van der Waals surface area contributed by atoms with Gasteiger partial charge in [0.15, 0.2) is 5.90 Å². The second-order valence-electron chi connectivity index (χ2n) is 11.2. The van der Waals surface area contributed by atoms with Crippen LogP contribution in [-0.2, 0) is 29.2 Å². The highest BCUT2D eigenvalue weighted by atomic mass is 16.5. The van der Waals surface area contributed by atoms with Crippen molar-refractivity contribution in [3.8, 4) is 0 Å². The molecular formula is C32H36N4O4. The van der Waals surface area contributed by atoms with Crippen molar-refractivity contribution in [3.05, 3.63) is 89.9 Å². The normalized spacial score (nSPS) is 24.8. The van der Waals surface area contributed by atoms with Gasteiger partial charge in [0, 0.05) is 25.5 Å². The Bertz CT molecular complexity index is 1470. The van der Waals surface area contributed by atoms with Crippen LogP contribution in [0.1, 0.15) is 47.9 Å². The number of piperidine rings is 1. The number of hydrogen-bond acceptors (Lipinski definition) is 6. The largest absolute Gasteiger partial charge is 0.478 e. The standard InChI is InChI=1S/C32H36N4O4/c1-3-7-29(33-22(2)40-21-23-8-5-4-6-9-23)32-13-14-35(18-25(32)17-32)20-30-34-27-11-10-24(31(37)38)16-28(27)36(30)19-26-12-15-39-26/h3-11,16,25-26H,1,12-15,17-21H2,2H3,(H,37,38)/b29-7-,33-22+/t25-,26+,32+/m1/s1. The maximum Gasteiger partial charge on any atom is 0.335 e. The van der Waals surface area contributed by atoms with Crippen LogP contribution in [0.2, 0.25) is 0 Å². The van der Waals surface area contributed by atoms with E-state index in [1.165, 1.54) is 0 Å². The number of imidazole rings is 1. The maximum absolute atomic E-state index is 11.6. The predicted molar refractivity (Wildman–Crippen MR) is 154 cm³/mol. The number of hydrogen-bond donors (Lipinski definition) is 1. The lowest BCUT2D eigenvalue weighted by Gasteiger charge is -2.32. The Morgan fingerprint density at radius 2 is 2.12 bits per heavy atom. The lowest BCUT2D eigenvalue weighted by atomic mass is 9.91. The monoisotopic (exact) mass is 540 g/mol. The minimum Gasteiger partial charge on any atom is -0.478 e. The Morgan fingerprint density at radius 3 is 2.83 bits per heavy atom. The van der Waals surface area contributed by atoms with Crippen molar-refractivity contribution in [1.29, 1.82) is 0 Å². The van der Waals surface area contributed by atoms with Gasteiger partial charge in [-0.15, -0.1) is 0 Å². The highest BCUT2D eigenvalue weighted by Gasteiger charge is 2.59. The summed E-state index contributed by atoms with van der Waals surface area (Å²) < 4.78 is 13.9. The number of ether oxygens (including phenoxy) is 2. The second kappa shape index (κ2) is 11.0. The van der Waals surface area contributed by atoms with Crippen LogP contribution in [0.25, 0.3) is 11.0 Å². The van der Waals surface area contributed by atoms with E-state index >= 15 is 0 Å². The van der Waals surface area contributed by atoms with E-state index in [1.54, 1.807) is 12.1 Å². The Labute approximate surface area is 234 Å². The summed E-state index contributed by atoms with van der Waals surface area (Å²) in [6, 6.07) is 15.3. The molecule has 1 aromatic heterocycles. The van der Waals surface area contributed by atoms with Crippen molar-refractivity contribution in [1.82, 2.24) is 14.5 Å². The minimum absolute atomic E-state index is 0.0678. The smallest absolute Gasteiger partial charge is 0.335 e. The third-order valence-electron chi connectivity index (χ3n) is 8.56. The van der Waals surface area contributed by atoms with Crippen molar-refractivity contribution in [2.24, 2.45) is 16.3 Å². The van der Waals surface area contributed by atoms with E-state index in [0.29, 0.717) is 25.0 Å². The van der Waals surface area contributed by atoms with Crippen LogP contribution in [0, 0.1) is 11.3 Å². The fourth-order valence-corrected chi connectivity index (χ4v) is 6.12. The van der Waals surface area contributed by atoms with Crippen molar-refractivity contribution >= 4 is 22.9 Å². The van der Waals surface area contributed by atoms with Gasteiger partial charge in [-0.1, -0.05) is 43.0 Å². The van der Waals surface area contributed by atoms with Gasteiger partial charge in [0.2, 0.25) is 0 Å². The Morgan fingerprint density at radius 1 is 1.30 bits per heavy atom. The minimum atomic E-state index is -0.927. The van der Waals surface area contributed by atoms with E-state index in [-0.39, 0.29) is 17.1 Å². The van der Waals surface area contributed by atoms with Crippen LogP contribution in [0.4, 0.5) is 0 Å². The molecule has 3 heterocycles. The van der Waals surface area contributed by atoms with Gasteiger partial charge >= 0.3 is 5.97 Å². The topological polar surface area (TPSA) is 89.2 Å². The molecule has 8 heteroatoms. The molecule has 1 aliphatic carbocycles. The first kappa shape index (κ1) is 26.5. The quantitative estimate of drug-likeness (QED) is 0.209. The molecule has 3 aromatic rings. The predicted octanol–water partition coefficient (Wildman–Crippen LogP) is 5.44. The zero-order valence-corrected chi connectivity index (χ0v) is 23.0. The molecule has 2 aliphatic heterocycles. The van der Waals surface area contributed by atoms with E-state index < -0.39 is 5.97 Å². The number of carbonyl (C=O) groups is 1. The molecule has 2 saturated heterocycles. The van der Waals surface area contributed by atoms with Gasteiger partial charge in [-0.3, -0.25) is 4.90 Å². The molecule has 0 amide bonds. The molecule has 0 unspecified atom stereocenters. The summed E-state index contributed by atoms with van der Waals surface area (Å²) in [7, 11) is 0. The molecule has 0 radical (unpaired) electrons. The van der Waals surface area contributed by atoms with Crippen LogP contribution in [0.3, 0.4) is 0 Å². The number of benzene rings is 2. The molecule has 8 nitrogen and oxygen atoms in total. The number of aromatic nitrogens is 2. The van der Waals surface area contributed by atoms with Crippen LogP contribution < -0.4 is 0 Å². The zero-order chi connectivity index (χ0) is 27.7. The Kier molecular flexibility index (Phi) is 7.29. The number of likely N-dealkylation sites (tertiary alicyclic amines) is 1. The number of carboxylic acids is 1. The van der Waals surface area contributed by atoms with Gasteiger partial charge in [-0.2, -0.15) is 0 Å². The molecule has 3 aliphatic rings. The fourth-order valence-electron chi connectivity index (χ4n) is 6.12. The summed E-state index contributed by atoms with van der Waals surface area (Å²) in [5.74, 6) is 1.23. The number of aliphatic imine (C=N–C) groups is 1. The summed E-state index contributed by atoms with van der Waals surface area (Å²) in [4.78, 5) is 24.0. The SMILES string of the molecule is C=C/C=C(\N=C(/C)OCc1ccccc1)[C@]12CCN(Cc3nc4ccc(C(=O)O)cc4n3C[C@@H]3CCO3)C[C@H]1C2. The van der Waals surface area contributed by atoms with Gasteiger partial charge in [-0.25, -0.2) is 14.8 Å². The molecule has 0 bridgehead atoms. The number of rotatable bonds is 10. The molecule has 3 fully saturated rings. The number of aromatic carboxylic acids is 1. The average Bonchev–Trinajstić information content (AvgIpc) is 3.57. The van der Waals surface area contributed by atoms with Crippen LogP contribution in [-0.4, -0.2) is 57.2 Å². The first-order valence-electron chi connectivity index (χ1n) is 14.1. The zero-order valence-electron chi connectivity index (χ0n) is 23.0. The first-order valence-corrected chi connectivity index (χ1v) is 14.1. The van der Waals surface area contributed by atoms with Gasteiger partial charge in [0.25, 0.3) is 0 Å². The molecule has 208 valence electrons. The number of fused-ring (bicyclic) bond motifs is 2. The summed E-state index contributed by atoms with van der Waals surface area (Å²) in [6.07, 6.45) is 7.16. The van der Waals surface area contributed by atoms with E-state index in [1.807, 2.05) is 43.3 Å². The average molecular weight is 541 g/mol. The van der Waals surface area contributed by atoms with Crippen LogP contribution in [0.5, 0.6) is 0 Å². The molecular weight excluding hydrogens is 504 g/mol. The van der Waals surface area contributed by atoms with E-state index in [0.717, 1.165) is 73.6 Å².